The van der Waals surface area contributed by atoms with Gasteiger partial charge in [0.05, 0.1) is 7.11 Å². The van der Waals surface area contributed by atoms with Gasteiger partial charge >= 0.3 is 0 Å². The molecule has 1 fully saturated rings. The first-order chi connectivity index (χ1) is 9.09. The van der Waals surface area contributed by atoms with Gasteiger partial charge < -0.3 is 4.74 Å². The van der Waals surface area contributed by atoms with Crippen LogP contribution in [0.15, 0.2) is 6.07 Å². The molecule has 1 saturated carbocycles. The van der Waals surface area contributed by atoms with Gasteiger partial charge in [-0.15, -0.1) is 0 Å². The van der Waals surface area contributed by atoms with Gasteiger partial charge in [0, 0.05) is 11.5 Å². The van der Waals surface area contributed by atoms with E-state index in [-0.39, 0.29) is 22.4 Å². The average molecular weight is 284 g/mol. The number of carbonyl (C=O) groups is 1. The Bertz CT molecular complexity index is 473. The van der Waals surface area contributed by atoms with Crippen LogP contribution in [0.1, 0.15) is 39.0 Å². The molecule has 0 spiro atoms. The highest BCUT2D eigenvalue weighted by Crippen LogP contribution is 2.41. The molecule has 6 heteroatoms. The summed E-state index contributed by atoms with van der Waals surface area (Å²) in [7, 11) is 1.49. The van der Waals surface area contributed by atoms with Crippen LogP contribution in [0.25, 0.3) is 0 Å². The van der Waals surface area contributed by atoms with E-state index in [0.717, 1.165) is 32.1 Å². The van der Waals surface area contributed by atoms with E-state index in [9.17, 15) is 4.79 Å². The van der Waals surface area contributed by atoms with Crippen LogP contribution in [-0.2, 0) is 4.79 Å². The Balaban J connectivity index is 2.16. The van der Waals surface area contributed by atoms with E-state index in [2.05, 4.69) is 15.3 Å². The van der Waals surface area contributed by atoms with Gasteiger partial charge in [0.1, 0.15) is 5.15 Å². The van der Waals surface area contributed by atoms with Gasteiger partial charge in [-0.3, -0.25) is 10.1 Å². The third kappa shape index (κ3) is 2.97. The Morgan fingerprint density at radius 1 is 1.47 bits per heavy atom. The van der Waals surface area contributed by atoms with E-state index in [1.807, 2.05) is 6.92 Å². The minimum Gasteiger partial charge on any atom is -0.481 e. The van der Waals surface area contributed by atoms with E-state index >= 15 is 0 Å². The largest absolute Gasteiger partial charge is 0.481 e. The number of hydrogen-bond donors (Lipinski definition) is 1. The van der Waals surface area contributed by atoms with Crippen molar-refractivity contribution in [3.63, 3.8) is 0 Å². The van der Waals surface area contributed by atoms with Crippen molar-refractivity contribution in [2.45, 2.75) is 39.0 Å². The van der Waals surface area contributed by atoms with Crippen LogP contribution in [0.5, 0.6) is 5.88 Å². The molecule has 0 radical (unpaired) electrons. The number of amides is 1. The van der Waals surface area contributed by atoms with Crippen molar-refractivity contribution in [3.05, 3.63) is 11.2 Å². The molecule has 1 aromatic rings. The zero-order chi connectivity index (χ0) is 13.9. The Kier molecular flexibility index (Phi) is 4.24. The zero-order valence-electron chi connectivity index (χ0n) is 11.2. The average Bonchev–Trinajstić information content (AvgIpc) is 2.88. The first-order valence-electron chi connectivity index (χ1n) is 6.50. The normalized spacial score (nSPS) is 17.2. The molecule has 0 saturated heterocycles. The SMILES string of the molecule is CCC1(C(=O)Nc2nc(Cl)cc(OC)n2)CCCC1. The maximum absolute atomic E-state index is 12.4. The number of methoxy groups -OCH3 is 1. The monoisotopic (exact) mass is 283 g/mol. The van der Waals surface area contributed by atoms with Gasteiger partial charge in [-0.1, -0.05) is 31.4 Å². The number of carbonyl (C=O) groups excluding carboxylic acids is 1. The van der Waals surface area contributed by atoms with Crippen molar-refractivity contribution in [2.75, 3.05) is 12.4 Å². The summed E-state index contributed by atoms with van der Waals surface area (Å²) in [6.07, 6.45) is 4.87. The quantitative estimate of drug-likeness (QED) is 0.863. The lowest BCUT2D eigenvalue weighted by molar-refractivity contribution is -0.125. The molecule has 1 aliphatic carbocycles. The van der Waals surface area contributed by atoms with Crippen LogP contribution in [-0.4, -0.2) is 23.0 Å². The van der Waals surface area contributed by atoms with E-state index in [4.69, 9.17) is 16.3 Å². The molecule has 1 heterocycles. The number of ether oxygens (including phenoxy) is 1. The maximum atomic E-state index is 12.4. The third-order valence-corrected chi connectivity index (χ3v) is 4.02. The van der Waals surface area contributed by atoms with E-state index < -0.39 is 0 Å². The Morgan fingerprint density at radius 2 is 2.16 bits per heavy atom. The minimum absolute atomic E-state index is 0.0168. The summed E-state index contributed by atoms with van der Waals surface area (Å²) in [4.78, 5) is 20.5. The maximum Gasteiger partial charge on any atom is 0.234 e. The number of hydrogen-bond acceptors (Lipinski definition) is 4. The highest BCUT2D eigenvalue weighted by atomic mass is 35.5. The highest BCUT2D eigenvalue weighted by Gasteiger charge is 2.39. The summed E-state index contributed by atoms with van der Waals surface area (Å²) in [5, 5.41) is 3.01. The molecule has 0 aliphatic heterocycles. The fraction of sp³-hybridized carbons (Fsp3) is 0.615. The van der Waals surface area contributed by atoms with E-state index in [0.29, 0.717) is 5.88 Å². The molecule has 1 aliphatic rings. The molecule has 1 N–H and O–H groups in total. The molecule has 19 heavy (non-hydrogen) atoms. The molecule has 0 bridgehead atoms. The first-order valence-corrected chi connectivity index (χ1v) is 6.87. The van der Waals surface area contributed by atoms with Crippen molar-refractivity contribution in [1.29, 1.82) is 0 Å². The topological polar surface area (TPSA) is 64.1 Å². The second-order valence-electron chi connectivity index (χ2n) is 4.85. The Morgan fingerprint density at radius 3 is 2.74 bits per heavy atom. The van der Waals surface area contributed by atoms with Crippen LogP contribution in [0.2, 0.25) is 5.15 Å². The number of halogens is 1. The van der Waals surface area contributed by atoms with Crippen molar-refractivity contribution < 1.29 is 9.53 Å². The number of nitrogens with one attached hydrogen (secondary N) is 1. The van der Waals surface area contributed by atoms with E-state index in [1.54, 1.807) is 0 Å². The van der Waals surface area contributed by atoms with Crippen LogP contribution >= 0.6 is 11.6 Å². The lowest BCUT2D eigenvalue weighted by Crippen LogP contribution is -2.33. The molecule has 104 valence electrons. The molecule has 1 aromatic heterocycles. The number of aromatic nitrogens is 2. The Labute approximate surface area is 117 Å². The summed E-state index contributed by atoms with van der Waals surface area (Å²) in [5.74, 6) is 0.526. The van der Waals surface area contributed by atoms with Crippen molar-refractivity contribution in [2.24, 2.45) is 5.41 Å². The Hall–Kier alpha value is -1.36. The summed E-state index contributed by atoms with van der Waals surface area (Å²) >= 11 is 5.86. The van der Waals surface area contributed by atoms with Gasteiger partial charge in [0.25, 0.3) is 0 Å². The van der Waals surface area contributed by atoms with Crippen LogP contribution in [0.4, 0.5) is 5.95 Å². The standard InChI is InChI=1S/C13H18ClN3O2/c1-3-13(6-4-5-7-13)11(18)17-12-15-9(14)8-10(16-12)19-2/h8H,3-7H2,1-2H3,(H,15,16,17,18). The molecule has 2 rings (SSSR count). The minimum atomic E-state index is -0.279. The van der Waals surface area contributed by atoms with Gasteiger partial charge in [0.2, 0.25) is 17.7 Å². The zero-order valence-corrected chi connectivity index (χ0v) is 12.0. The van der Waals surface area contributed by atoms with Crippen LogP contribution in [0, 0.1) is 5.41 Å². The smallest absolute Gasteiger partial charge is 0.234 e. The summed E-state index contributed by atoms with van der Waals surface area (Å²) in [6.45, 7) is 2.05. The van der Waals surface area contributed by atoms with Crippen molar-refractivity contribution in [3.8, 4) is 5.88 Å². The number of anilines is 1. The predicted molar refractivity (Wildman–Crippen MR) is 73.4 cm³/mol. The molecule has 5 nitrogen and oxygen atoms in total. The number of rotatable bonds is 4. The van der Waals surface area contributed by atoms with Crippen molar-refractivity contribution in [1.82, 2.24) is 9.97 Å². The molecular weight excluding hydrogens is 266 g/mol. The third-order valence-electron chi connectivity index (χ3n) is 3.82. The second-order valence-corrected chi connectivity index (χ2v) is 5.24. The molecular formula is C13H18ClN3O2. The summed E-state index contributed by atoms with van der Waals surface area (Å²) in [5.41, 5.74) is -0.279. The van der Waals surface area contributed by atoms with Crippen LogP contribution < -0.4 is 10.1 Å². The lowest BCUT2D eigenvalue weighted by atomic mass is 9.82. The molecule has 0 unspecified atom stereocenters. The van der Waals surface area contributed by atoms with Crippen LogP contribution in [0.3, 0.4) is 0 Å². The lowest BCUT2D eigenvalue weighted by Gasteiger charge is -2.25. The van der Waals surface area contributed by atoms with Gasteiger partial charge in [0.15, 0.2) is 0 Å². The summed E-state index contributed by atoms with van der Waals surface area (Å²) < 4.78 is 5.01. The molecule has 1 amide bonds. The second kappa shape index (κ2) is 5.74. The molecule has 0 atom stereocenters. The number of nitrogens with zero attached hydrogens (tertiary/aromatic N) is 2. The highest BCUT2D eigenvalue weighted by molar-refractivity contribution is 6.29. The van der Waals surface area contributed by atoms with E-state index in [1.165, 1.54) is 13.2 Å². The van der Waals surface area contributed by atoms with Crippen molar-refractivity contribution >= 4 is 23.5 Å². The van der Waals surface area contributed by atoms with Gasteiger partial charge in [-0.05, 0) is 19.3 Å². The fourth-order valence-corrected chi connectivity index (χ4v) is 2.76. The summed E-state index contributed by atoms with van der Waals surface area (Å²) in [6, 6.07) is 1.50. The molecule has 0 aromatic carbocycles. The van der Waals surface area contributed by atoms with Gasteiger partial charge in [-0.2, -0.15) is 4.98 Å². The first kappa shape index (κ1) is 14.1. The van der Waals surface area contributed by atoms with Gasteiger partial charge in [-0.25, -0.2) is 4.98 Å². The fourth-order valence-electron chi connectivity index (χ4n) is 2.58. The predicted octanol–water partition coefficient (Wildman–Crippen LogP) is 3.05.